The Morgan fingerprint density at radius 2 is 1.79 bits per heavy atom. The number of benzene rings is 2. The molecular weight excluding hydrogens is 604 g/mol. The monoisotopic (exact) mass is 629 g/mol. The van der Waals surface area contributed by atoms with E-state index in [0.29, 0.717) is 40.8 Å². The third kappa shape index (κ3) is 3.95. The molecular formula is C27H25FIN5O4. The minimum Gasteiger partial charge on any atom is -0.389 e. The van der Waals surface area contributed by atoms with Gasteiger partial charge in [-0.2, -0.15) is 0 Å². The molecule has 1 aliphatic carbocycles. The number of rotatable bonds is 5. The van der Waals surface area contributed by atoms with Crippen molar-refractivity contribution < 1.29 is 9.50 Å². The minimum atomic E-state index is -0.673. The number of anilines is 3. The van der Waals surface area contributed by atoms with Crippen LogP contribution in [0.25, 0.3) is 16.7 Å². The molecule has 0 spiro atoms. The molecule has 3 heterocycles. The Morgan fingerprint density at radius 3 is 2.45 bits per heavy atom. The van der Waals surface area contributed by atoms with Gasteiger partial charge in [-0.3, -0.25) is 18.7 Å². The van der Waals surface area contributed by atoms with E-state index in [4.69, 9.17) is 0 Å². The number of hydrogen-bond donors (Lipinski definition) is 2. The molecule has 0 atom stereocenters. The van der Waals surface area contributed by atoms with Crippen LogP contribution in [0.5, 0.6) is 0 Å². The van der Waals surface area contributed by atoms with E-state index in [1.807, 2.05) is 51.8 Å². The average Bonchev–Trinajstić information content (AvgIpc) is 3.69. The number of aliphatic hydroxyl groups is 1. The number of aryl methyl sites for hydroxylation is 1. The van der Waals surface area contributed by atoms with Gasteiger partial charge < -0.3 is 15.3 Å². The highest BCUT2D eigenvalue weighted by Gasteiger charge is 2.32. The van der Waals surface area contributed by atoms with Crippen molar-refractivity contribution in [3.8, 4) is 5.69 Å². The fourth-order valence-electron chi connectivity index (χ4n) is 5.07. The lowest BCUT2D eigenvalue weighted by Gasteiger charge is -2.38. The molecule has 0 bridgehead atoms. The average molecular weight is 629 g/mol. The van der Waals surface area contributed by atoms with Crippen LogP contribution in [0.3, 0.4) is 0 Å². The molecule has 0 radical (unpaired) electrons. The van der Waals surface area contributed by atoms with Crippen molar-refractivity contribution in [1.29, 1.82) is 0 Å². The summed E-state index contributed by atoms with van der Waals surface area (Å²) in [5, 5.41) is 13.1. The van der Waals surface area contributed by atoms with Crippen LogP contribution in [0.2, 0.25) is 0 Å². The third-order valence-electron chi connectivity index (χ3n) is 7.24. The molecule has 2 aromatic heterocycles. The van der Waals surface area contributed by atoms with Gasteiger partial charge in [0.05, 0.1) is 17.5 Å². The number of fused-ring (bicyclic) bond motifs is 1. The molecule has 2 aliphatic rings. The number of nitrogens with zero attached hydrogens (tertiary/aromatic N) is 4. The second kappa shape index (κ2) is 9.09. The molecule has 2 N–H and O–H groups in total. The Balaban J connectivity index is 1.65. The summed E-state index contributed by atoms with van der Waals surface area (Å²) in [5.41, 5.74) is 0.503. The predicted octanol–water partition coefficient (Wildman–Crippen LogP) is 3.16. The zero-order valence-electron chi connectivity index (χ0n) is 20.7. The van der Waals surface area contributed by atoms with Crippen LogP contribution >= 0.6 is 22.6 Å². The van der Waals surface area contributed by atoms with Gasteiger partial charge in [0, 0.05) is 46.7 Å². The highest BCUT2D eigenvalue weighted by molar-refractivity contribution is 14.1. The summed E-state index contributed by atoms with van der Waals surface area (Å²) in [6, 6.07) is 11.7. The van der Waals surface area contributed by atoms with E-state index >= 15 is 4.39 Å². The number of aromatic nitrogens is 3. The minimum absolute atomic E-state index is 0.0251. The van der Waals surface area contributed by atoms with Crippen molar-refractivity contribution in [3.05, 3.63) is 88.6 Å². The van der Waals surface area contributed by atoms with Crippen molar-refractivity contribution in [2.45, 2.75) is 31.9 Å². The second-order valence-electron chi connectivity index (χ2n) is 9.92. The molecule has 196 valence electrons. The Hall–Kier alpha value is -3.45. The lowest BCUT2D eigenvalue weighted by molar-refractivity contribution is 0.142. The molecule has 2 fully saturated rings. The predicted molar refractivity (Wildman–Crippen MR) is 153 cm³/mol. The van der Waals surface area contributed by atoms with Crippen LogP contribution in [0.4, 0.5) is 21.5 Å². The summed E-state index contributed by atoms with van der Waals surface area (Å²) in [6.45, 7) is 2.68. The van der Waals surface area contributed by atoms with Crippen LogP contribution in [-0.2, 0) is 7.05 Å². The maximum Gasteiger partial charge on any atom is 0.337 e. The molecule has 1 saturated carbocycles. The molecule has 6 rings (SSSR count). The van der Waals surface area contributed by atoms with Crippen LogP contribution < -0.4 is 27.0 Å². The standard InChI is InChI=1S/C27H25FIN5O4/c1-14-23(30-16-4-3-5-18(11-16)32-12-19(35)13-32)22-24(31(2)25(14)36)34(21-9-6-15(29)10-20(21)28)27(38)33(26(22)37)17-7-8-17/h3-6,9-11,17,19,30,35H,7-8,12-13H2,1-2H3. The summed E-state index contributed by atoms with van der Waals surface area (Å²) >= 11 is 1.98. The maximum atomic E-state index is 15.3. The van der Waals surface area contributed by atoms with Gasteiger partial charge in [-0.15, -0.1) is 0 Å². The summed E-state index contributed by atoms with van der Waals surface area (Å²) in [4.78, 5) is 43.1. The molecule has 38 heavy (non-hydrogen) atoms. The number of halogens is 2. The fraction of sp³-hybridized carbons (Fsp3) is 0.296. The van der Waals surface area contributed by atoms with Crippen molar-refractivity contribution in [2.24, 2.45) is 7.05 Å². The third-order valence-corrected chi connectivity index (χ3v) is 7.91. The van der Waals surface area contributed by atoms with E-state index in [1.165, 1.54) is 28.3 Å². The first-order chi connectivity index (χ1) is 18.2. The van der Waals surface area contributed by atoms with E-state index < -0.39 is 22.6 Å². The van der Waals surface area contributed by atoms with Crippen LogP contribution in [-0.4, -0.2) is 38.0 Å². The van der Waals surface area contributed by atoms with Crippen LogP contribution in [0.15, 0.2) is 56.8 Å². The Labute approximate surface area is 229 Å². The molecule has 2 aromatic carbocycles. The first-order valence-electron chi connectivity index (χ1n) is 12.3. The molecule has 0 unspecified atom stereocenters. The zero-order chi connectivity index (χ0) is 26.9. The zero-order valence-corrected chi connectivity index (χ0v) is 22.9. The lowest BCUT2D eigenvalue weighted by atomic mass is 10.1. The SMILES string of the molecule is Cc1c(Nc2cccc(N3CC(O)C3)c2)c2c(=O)n(C3CC3)c(=O)n(-c3ccc(I)cc3F)c2n(C)c1=O. The van der Waals surface area contributed by atoms with Gasteiger partial charge >= 0.3 is 5.69 Å². The number of nitrogens with one attached hydrogen (secondary N) is 1. The van der Waals surface area contributed by atoms with Gasteiger partial charge in [-0.25, -0.2) is 13.8 Å². The topological polar surface area (TPSA) is 102 Å². The summed E-state index contributed by atoms with van der Waals surface area (Å²) in [7, 11) is 1.48. The summed E-state index contributed by atoms with van der Waals surface area (Å²) in [6.07, 6.45) is 0.981. The van der Waals surface area contributed by atoms with Gasteiger partial charge in [0.2, 0.25) is 0 Å². The van der Waals surface area contributed by atoms with Gasteiger partial charge in [-0.05, 0) is 78.8 Å². The summed E-state index contributed by atoms with van der Waals surface area (Å²) < 4.78 is 19.5. The second-order valence-corrected chi connectivity index (χ2v) is 11.2. The van der Waals surface area contributed by atoms with E-state index in [2.05, 4.69) is 5.32 Å². The Kier molecular flexibility index (Phi) is 5.94. The van der Waals surface area contributed by atoms with Crippen molar-refractivity contribution >= 4 is 50.7 Å². The van der Waals surface area contributed by atoms with E-state index in [9.17, 15) is 19.5 Å². The molecule has 1 saturated heterocycles. The number of β-amino-alcohol motifs (C(OH)–C–C–N with tert-alkyl or cyclic N) is 1. The highest BCUT2D eigenvalue weighted by atomic mass is 127. The van der Waals surface area contributed by atoms with Crippen molar-refractivity contribution in [1.82, 2.24) is 13.7 Å². The van der Waals surface area contributed by atoms with Gasteiger partial charge in [0.1, 0.15) is 16.9 Å². The smallest absolute Gasteiger partial charge is 0.337 e. The maximum absolute atomic E-state index is 15.3. The number of pyridine rings is 1. The molecule has 11 heteroatoms. The molecule has 1 aliphatic heterocycles. The van der Waals surface area contributed by atoms with Crippen molar-refractivity contribution in [2.75, 3.05) is 23.3 Å². The van der Waals surface area contributed by atoms with Gasteiger partial charge in [0.15, 0.2) is 0 Å². The number of aliphatic hydroxyl groups excluding tert-OH is 1. The van der Waals surface area contributed by atoms with E-state index in [1.54, 1.807) is 13.0 Å². The molecule has 4 aromatic rings. The molecule has 0 amide bonds. The van der Waals surface area contributed by atoms with Crippen LogP contribution in [0.1, 0.15) is 24.4 Å². The van der Waals surface area contributed by atoms with E-state index in [0.717, 1.165) is 10.3 Å². The summed E-state index contributed by atoms with van der Waals surface area (Å²) in [5.74, 6) is -0.631. The van der Waals surface area contributed by atoms with Gasteiger partial charge in [-0.1, -0.05) is 6.07 Å². The largest absolute Gasteiger partial charge is 0.389 e. The fourth-order valence-corrected chi connectivity index (χ4v) is 5.53. The normalized spacial score (nSPS) is 15.7. The highest BCUT2D eigenvalue weighted by Crippen LogP contribution is 2.34. The first kappa shape index (κ1) is 24.9. The number of hydrogen-bond acceptors (Lipinski definition) is 6. The lowest BCUT2D eigenvalue weighted by Crippen LogP contribution is -2.50. The van der Waals surface area contributed by atoms with Crippen molar-refractivity contribution in [3.63, 3.8) is 0 Å². The first-order valence-corrected chi connectivity index (χ1v) is 13.4. The Bertz CT molecular complexity index is 1800. The van der Waals surface area contributed by atoms with Crippen LogP contribution in [0, 0.1) is 16.3 Å². The Morgan fingerprint density at radius 1 is 1.05 bits per heavy atom. The van der Waals surface area contributed by atoms with Gasteiger partial charge in [0.25, 0.3) is 11.1 Å². The quantitative estimate of drug-likeness (QED) is 0.329. The molecule has 9 nitrogen and oxygen atoms in total. The van der Waals surface area contributed by atoms with E-state index in [-0.39, 0.29) is 34.6 Å².